The Labute approximate surface area is 116 Å². The van der Waals surface area contributed by atoms with Gasteiger partial charge in [-0.1, -0.05) is 23.8 Å². The van der Waals surface area contributed by atoms with E-state index in [0.717, 1.165) is 11.1 Å². The van der Waals surface area contributed by atoms with Crippen LogP contribution in [0.15, 0.2) is 36.4 Å². The van der Waals surface area contributed by atoms with E-state index in [-0.39, 0.29) is 11.4 Å². The molecular formula is C15H14N2O3. The molecule has 0 saturated carbocycles. The number of aromatic carboxylic acids is 1. The molecule has 20 heavy (non-hydrogen) atoms. The minimum Gasteiger partial charge on any atom is -0.477 e. The van der Waals surface area contributed by atoms with Gasteiger partial charge in [0.2, 0.25) is 0 Å². The van der Waals surface area contributed by atoms with E-state index in [4.69, 9.17) is 5.11 Å². The molecule has 2 N–H and O–H groups in total. The van der Waals surface area contributed by atoms with Gasteiger partial charge in [-0.2, -0.15) is 0 Å². The Balaban J connectivity index is 2.24. The lowest BCUT2D eigenvalue weighted by atomic mass is 10.1. The van der Waals surface area contributed by atoms with Crippen molar-refractivity contribution in [2.75, 3.05) is 5.32 Å². The van der Waals surface area contributed by atoms with Gasteiger partial charge in [0.05, 0.1) is 0 Å². The largest absolute Gasteiger partial charge is 0.477 e. The Hall–Kier alpha value is -2.69. The normalized spacial score (nSPS) is 10.1. The zero-order valence-corrected chi connectivity index (χ0v) is 11.2. The number of carbonyl (C=O) groups excluding carboxylic acids is 1. The standard InChI is InChI=1S/C15H14N2O3/c1-9-6-7-11(10(2)8-9)17-14(18)12-4-3-5-13(16-12)15(19)20/h3-8H,1-2H3,(H,17,18)(H,19,20). The van der Waals surface area contributed by atoms with Crippen LogP contribution in [0.4, 0.5) is 5.69 Å². The number of carboxylic acids is 1. The van der Waals surface area contributed by atoms with Crippen LogP contribution in [0.1, 0.15) is 32.1 Å². The molecule has 1 aromatic heterocycles. The summed E-state index contributed by atoms with van der Waals surface area (Å²) in [5.74, 6) is -1.59. The summed E-state index contributed by atoms with van der Waals surface area (Å²) < 4.78 is 0. The molecule has 0 bridgehead atoms. The van der Waals surface area contributed by atoms with Gasteiger partial charge >= 0.3 is 5.97 Å². The Morgan fingerprint density at radius 3 is 2.45 bits per heavy atom. The van der Waals surface area contributed by atoms with Crippen molar-refractivity contribution in [1.82, 2.24) is 4.98 Å². The fourth-order valence-electron chi connectivity index (χ4n) is 1.82. The van der Waals surface area contributed by atoms with E-state index in [1.165, 1.54) is 18.2 Å². The first kappa shape index (κ1) is 13.7. The highest BCUT2D eigenvalue weighted by atomic mass is 16.4. The quantitative estimate of drug-likeness (QED) is 0.898. The number of carbonyl (C=O) groups is 2. The number of anilines is 1. The molecule has 5 heteroatoms. The van der Waals surface area contributed by atoms with Gasteiger partial charge in [-0.15, -0.1) is 0 Å². The lowest BCUT2D eigenvalue weighted by Crippen LogP contribution is -2.16. The van der Waals surface area contributed by atoms with Crippen LogP contribution < -0.4 is 5.32 Å². The topological polar surface area (TPSA) is 79.3 Å². The molecule has 0 unspecified atom stereocenters. The Bertz CT molecular complexity index is 681. The van der Waals surface area contributed by atoms with Crippen LogP contribution in [-0.2, 0) is 0 Å². The molecule has 2 rings (SSSR count). The van der Waals surface area contributed by atoms with Crippen LogP contribution >= 0.6 is 0 Å². The van der Waals surface area contributed by atoms with E-state index >= 15 is 0 Å². The Morgan fingerprint density at radius 1 is 1.10 bits per heavy atom. The van der Waals surface area contributed by atoms with Crippen molar-refractivity contribution >= 4 is 17.6 Å². The van der Waals surface area contributed by atoms with Gasteiger partial charge in [0, 0.05) is 5.69 Å². The molecule has 102 valence electrons. The molecule has 1 amide bonds. The number of hydrogen-bond acceptors (Lipinski definition) is 3. The Kier molecular flexibility index (Phi) is 3.79. The average Bonchev–Trinajstić information content (AvgIpc) is 2.42. The number of aromatic nitrogens is 1. The summed E-state index contributed by atoms with van der Waals surface area (Å²) in [6, 6.07) is 9.97. The van der Waals surface area contributed by atoms with Gasteiger partial charge in [0.1, 0.15) is 11.4 Å². The molecule has 5 nitrogen and oxygen atoms in total. The fraction of sp³-hybridized carbons (Fsp3) is 0.133. The van der Waals surface area contributed by atoms with Gasteiger partial charge < -0.3 is 10.4 Å². The maximum atomic E-state index is 12.1. The zero-order chi connectivity index (χ0) is 14.7. The van der Waals surface area contributed by atoms with E-state index in [0.29, 0.717) is 5.69 Å². The number of nitrogens with one attached hydrogen (secondary N) is 1. The first-order valence-corrected chi connectivity index (χ1v) is 6.06. The molecule has 0 spiro atoms. The SMILES string of the molecule is Cc1ccc(NC(=O)c2cccc(C(=O)O)n2)c(C)c1. The monoisotopic (exact) mass is 270 g/mol. The molecule has 2 aromatic rings. The van der Waals surface area contributed by atoms with Crippen molar-refractivity contribution in [3.8, 4) is 0 Å². The molecule has 0 saturated heterocycles. The second kappa shape index (κ2) is 5.52. The van der Waals surface area contributed by atoms with Gasteiger partial charge in [0.25, 0.3) is 5.91 Å². The highest BCUT2D eigenvalue weighted by molar-refractivity contribution is 6.03. The van der Waals surface area contributed by atoms with Crippen molar-refractivity contribution < 1.29 is 14.7 Å². The number of benzene rings is 1. The predicted octanol–water partition coefficient (Wildman–Crippen LogP) is 2.65. The van der Waals surface area contributed by atoms with E-state index < -0.39 is 11.9 Å². The summed E-state index contributed by atoms with van der Waals surface area (Å²) in [5.41, 5.74) is 2.64. The minimum atomic E-state index is -1.16. The van der Waals surface area contributed by atoms with E-state index in [1.807, 2.05) is 32.0 Å². The molecule has 0 aliphatic heterocycles. The van der Waals surface area contributed by atoms with Crippen LogP contribution in [0.2, 0.25) is 0 Å². The third kappa shape index (κ3) is 3.00. The van der Waals surface area contributed by atoms with E-state index in [9.17, 15) is 9.59 Å². The van der Waals surface area contributed by atoms with Gasteiger partial charge in [-0.05, 0) is 37.6 Å². The van der Waals surface area contributed by atoms with Crippen molar-refractivity contribution in [2.45, 2.75) is 13.8 Å². The highest BCUT2D eigenvalue weighted by Crippen LogP contribution is 2.16. The van der Waals surface area contributed by atoms with Gasteiger partial charge in [-0.25, -0.2) is 9.78 Å². The lowest BCUT2D eigenvalue weighted by Gasteiger charge is -2.09. The third-order valence-corrected chi connectivity index (χ3v) is 2.83. The molecule has 0 aliphatic carbocycles. The highest BCUT2D eigenvalue weighted by Gasteiger charge is 2.12. The smallest absolute Gasteiger partial charge is 0.354 e. The molecule has 0 radical (unpaired) electrons. The van der Waals surface area contributed by atoms with Crippen molar-refractivity contribution in [1.29, 1.82) is 0 Å². The summed E-state index contributed by atoms with van der Waals surface area (Å²) in [6.07, 6.45) is 0. The molecule has 0 fully saturated rings. The van der Waals surface area contributed by atoms with Crippen LogP contribution in [0.3, 0.4) is 0 Å². The summed E-state index contributed by atoms with van der Waals surface area (Å²) in [7, 11) is 0. The van der Waals surface area contributed by atoms with Gasteiger partial charge in [0.15, 0.2) is 0 Å². The van der Waals surface area contributed by atoms with Gasteiger partial charge in [-0.3, -0.25) is 4.79 Å². The molecule has 0 atom stereocenters. The third-order valence-electron chi connectivity index (χ3n) is 2.83. The number of aryl methyl sites for hydroxylation is 2. The number of hydrogen-bond donors (Lipinski definition) is 2. The predicted molar refractivity (Wildman–Crippen MR) is 75.1 cm³/mol. The zero-order valence-electron chi connectivity index (χ0n) is 11.2. The molecule has 1 aromatic carbocycles. The number of pyridine rings is 1. The van der Waals surface area contributed by atoms with Crippen molar-refractivity contribution in [3.05, 3.63) is 58.9 Å². The second-order valence-corrected chi connectivity index (χ2v) is 4.49. The first-order chi connectivity index (χ1) is 9.47. The fourth-order valence-corrected chi connectivity index (χ4v) is 1.82. The average molecular weight is 270 g/mol. The maximum absolute atomic E-state index is 12.1. The molecular weight excluding hydrogens is 256 g/mol. The van der Waals surface area contributed by atoms with Crippen LogP contribution in [0.5, 0.6) is 0 Å². The summed E-state index contributed by atoms with van der Waals surface area (Å²) >= 11 is 0. The molecule has 0 aliphatic rings. The van der Waals surface area contributed by atoms with Crippen molar-refractivity contribution in [3.63, 3.8) is 0 Å². The lowest BCUT2D eigenvalue weighted by molar-refractivity contribution is 0.0690. The number of nitrogens with zero attached hydrogens (tertiary/aromatic N) is 1. The maximum Gasteiger partial charge on any atom is 0.354 e. The summed E-state index contributed by atoms with van der Waals surface area (Å²) in [6.45, 7) is 3.86. The molecule has 1 heterocycles. The van der Waals surface area contributed by atoms with E-state index in [1.54, 1.807) is 0 Å². The Morgan fingerprint density at radius 2 is 1.80 bits per heavy atom. The second-order valence-electron chi connectivity index (χ2n) is 4.49. The number of carboxylic acid groups (broad SMARTS) is 1. The summed E-state index contributed by atoms with van der Waals surface area (Å²) in [4.78, 5) is 26.7. The summed E-state index contributed by atoms with van der Waals surface area (Å²) in [5, 5.41) is 11.6. The number of rotatable bonds is 3. The van der Waals surface area contributed by atoms with Crippen LogP contribution in [0, 0.1) is 13.8 Å². The van der Waals surface area contributed by atoms with E-state index in [2.05, 4.69) is 10.3 Å². The van der Waals surface area contributed by atoms with Crippen LogP contribution in [0.25, 0.3) is 0 Å². The first-order valence-electron chi connectivity index (χ1n) is 6.06. The number of amides is 1. The minimum absolute atomic E-state index is 0.0740. The van der Waals surface area contributed by atoms with Crippen molar-refractivity contribution in [2.24, 2.45) is 0 Å². The van der Waals surface area contributed by atoms with Crippen LogP contribution in [-0.4, -0.2) is 22.0 Å².